The van der Waals surface area contributed by atoms with Crippen molar-refractivity contribution in [1.29, 1.82) is 0 Å². The Kier molecular flexibility index (Phi) is 3.66. The van der Waals surface area contributed by atoms with Gasteiger partial charge in [-0.1, -0.05) is 0 Å². The van der Waals surface area contributed by atoms with Gasteiger partial charge in [0.25, 0.3) is 0 Å². The molecule has 2 aliphatic rings. The number of nitrogens with one attached hydrogen (secondary N) is 2. The number of H-pyrrole nitrogens is 1. The van der Waals surface area contributed by atoms with E-state index >= 15 is 0 Å². The Balaban J connectivity index is 1.42. The molecule has 1 fully saturated rings. The molecule has 1 saturated carbocycles. The number of urea groups is 1. The van der Waals surface area contributed by atoms with Crippen molar-refractivity contribution in [3.05, 3.63) is 53.9 Å². The Bertz CT molecular complexity index is 971. The topological polar surface area (TPSA) is 105 Å². The van der Waals surface area contributed by atoms with Gasteiger partial charge in [-0.05, 0) is 18.9 Å². The van der Waals surface area contributed by atoms with Crippen molar-refractivity contribution in [2.75, 3.05) is 11.9 Å². The van der Waals surface area contributed by atoms with E-state index in [9.17, 15) is 4.79 Å². The summed E-state index contributed by atoms with van der Waals surface area (Å²) >= 11 is 0. The number of nitrogens with zero attached hydrogens (tertiary/aromatic N) is 6. The molecule has 3 aromatic heterocycles. The van der Waals surface area contributed by atoms with Gasteiger partial charge in [0, 0.05) is 37.8 Å². The molecule has 1 aliphatic carbocycles. The number of rotatable bonds is 3. The lowest BCUT2D eigenvalue weighted by atomic mass is 10.00. The summed E-state index contributed by atoms with van der Waals surface area (Å²) in [4.78, 5) is 31.2. The van der Waals surface area contributed by atoms with Crippen molar-refractivity contribution in [2.24, 2.45) is 7.05 Å². The predicted octanol–water partition coefficient (Wildman–Crippen LogP) is 1.99. The largest absolute Gasteiger partial charge is 0.348 e. The minimum atomic E-state index is -0.292. The number of amides is 2. The van der Waals surface area contributed by atoms with E-state index in [1.54, 1.807) is 34.5 Å². The number of aromatic amines is 1. The van der Waals surface area contributed by atoms with Crippen LogP contribution in [-0.4, -0.2) is 47.2 Å². The maximum atomic E-state index is 13.0. The van der Waals surface area contributed by atoms with E-state index in [4.69, 9.17) is 0 Å². The molecule has 0 unspecified atom stereocenters. The number of carbonyl (C=O) groups excluding carboxylic acids is 1. The molecule has 2 amide bonds. The first-order valence-electron chi connectivity index (χ1n) is 9.10. The standard InChI is InChI=1S/C18H20N8O/c1-25-14(4-6-23-25)16-15-13(21-10-22-15)5-7-26(16)18(27)24-12-8-19-17(20-9-12)11-2-3-11/h4,6,8-11,16H,2-3,5,7H2,1H3,(H,21,22)(H,24,27)/t16-/m1/s1. The van der Waals surface area contributed by atoms with Gasteiger partial charge in [-0.15, -0.1) is 0 Å². The monoisotopic (exact) mass is 364 g/mol. The summed E-state index contributed by atoms with van der Waals surface area (Å²) in [6.45, 7) is 0.581. The molecule has 1 atom stereocenters. The zero-order valence-electron chi connectivity index (χ0n) is 15.0. The quantitative estimate of drug-likeness (QED) is 0.739. The Labute approximate surface area is 155 Å². The van der Waals surface area contributed by atoms with Crippen molar-refractivity contribution in [1.82, 2.24) is 34.6 Å². The first-order valence-corrected chi connectivity index (χ1v) is 9.10. The number of imidazole rings is 1. The third kappa shape index (κ3) is 2.84. The second-order valence-corrected chi connectivity index (χ2v) is 7.03. The van der Waals surface area contributed by atoms with Gasteiger partial charge in [0.1, 0.15) is 11.9 Å². The number of fused-ring (bicyclic) bond motifs is 1. The zero-order valence-corrected chi connectivity index (χ0v) is 15.0. The summed E-state index contributed by atoms with van der Waals surface area (Å²) in [5, 5.41) is 7.19. The zero-order chi connectivity index (χ0) is 18.4. The predicted molar refractivity (Wildman–Crippen MR) is 97.1 cm³/mol. The molecule has 4 heterocycles. The summed E-state index contributed by atoms with van der Waals surface area (Å²) in [6, 6.07) is 1.43. The van der Waals surface area contributed by atoms with Crippen LogP contribution in [0.25, 0.3) is 0 Å². The van der Waals surface area contributed by atoms with E-state index in [2.05, 4.69) is 30.4 Å². The highest BCUT2D eigenvalue weighted by atomic mass is 16.2. The molecule has 0 aromatic carbocycles. The molecule has 27 heavy (non-hydrogen) atoms. The van der Waals surface area contributed by atoms with E-state index in [0.717, 1.165) is 42.2 Å². The van der Waals surface area contributed by atoms with Crippen molar-refractivity contribution in [2.45, 2.75) is 31.2 Å². The second kappa shape index (κ2) is 6.19. The summed E-state index contributed by atoms with van der Waals surface area (Å²) in [6.07, 6.45) is 9.81. The Morgan fingerprint density at radius 1 is 1.26 bits per heavy atom. The first kappa shape index (κ1) is 16.0. The van der Waals surface area contributed by atoms with Gasteiger partial charge in [-0.2, -0.15) is 5.10 Å². The van der Waals surface area contributed by atoms with Crippen LogP contribution in [-0.2, 0) is 13.5 Å². The van der Waals surface area contributed by atoms with Crippen LogP contribution in [0.3, 0.4) is 0 Å². The average Bonchev–Trinajstić information content (AvgIpc) is 3.26. The lowest BCUT2D eigenvalue weighted by Crippen LogP contribution is -2.43. The molecular formula is C18H20N8O. The van der Waals surface area contributed by atoms with Gasteiger partial charge in [0.15, 0.2) is 0 Å². The van der Waals surface area contributed by atoms with E-state index in [0.29, 0.717) is 18.2 Å². The molecule has 1 aliphatic heterocycles. The van der Waals surface area contributed by atoms with Crippen molar-refractivity contribution in [3.8, 4) is 0 Å². The Morgan fingerprint density at radius 2 is 2.07 bits per heavy atom. The number of hydrogen-bond donors (Lipinski definition) is 2. The normalized spacial score (nSPS) is 19.0. The smallest absolute Gasteiger partial charge is 0.322 e. The summed E-state index contributed by atoms with van der Waals surface area (Å²) in [7, 11) is 1.87. The van der Waals surface area contributed by atoms with Crippen LogP contribution in [0, 0.1) is 0 Å². The van der Waals surface area contributed by atoms with Gasteiger partial charge < -0.3 is 15.2 Å². The van der Waals surface area contributed by atoms with Crippen LogP contribution in [0.2, 0.25) is 0 Å². The molecule has 9 heteroatoms. The maximum absolute atomic E-state index is 13.0. The third-order valence-electron chi connectivity index (χ3n) is 5.19. The Morgan fingerprint density at radius 3 is 2.78 bits per heavy atom. The van der Waals surface area contributed by atoms with E-state index < -0.39 is 0 Å². The fourth-order valence-corrected chi connectivity index (χ4v) is 3.60. The maximum Gasteiger partial charge on any atom is 0.322 e. The summed E-state index contributed by atoms with van der Waals surface area (Å²) < 4.78 is 1.78. The minimum Gasteiger partial charge on any atom is -0.348 e. The molecule has 5 rings (SSSR count). The molecule has 0 bridgehead atoms. The lowest BCUT2D eigenvalue weighted by molar-refractivity contribution is 0.190. The van der Waals surface area contributed by atoms with Crippen LogP contribution < -0.4 is 5.32 Å². The molecule has 0 spiro atoms. The van der Waals surface area contributed by atoms with Gasteiger partial charge in [0.05, 0.1) is 35.8 Å². The molecule has 9 nitrogen and oxygen atoms in total. The van der Waals surface area contributed by atoms with Crippen LogP contribution >= 0.6 is 0 Å². The second-order valence-electron chi connectivity index (χ2n) is 7.03. The fourth-order valence-electron chi connectivity index (χ4n) is 3.60. The summed E-state index contributed by atoms with van der Waals surface area (Å²) in [5.41, 5.74) is 3.43. The number of aromatic nitrogens is 6. The van der Waals surface area contributed by atoms with Crippen LogP contribution in [0.5, 0.6) is 0 Å². The van der Waals surface area contributed by atoms with Gasteiger partial charge in [-0.3, -0.25) is 4.68 Å². The van der Waals surface area contributed by atoms with Gasteiger partial charge in [0.2, 0.25) is 0 Å². The SMILES string of the molecule is Cn1nccc1[C@@H]1c2nc[nH]c2CCN1C(=O)Nc1cnc(C2CC2)nc1. The van der Waals surface area contributed by atoms with Crippen LogP contribution in [0.1, 0.15) is 47.7 Å². The number of anilines is 1. The fraction of sp³-hybridized carbons (Fsp3) is 0.389. The van der Waals surface area contributed by atoms with E-state index in [-0.39, 0.29) is 12.1 Å². The number of hydrogen-bond acceptors (Lipinski definition) is 5. The van der Waals surface area contributed by atoms with Gasteiger partial charge >= 0.3 is 6.03 Å². The van der Waals surface area contributed by atoms with Crippen LogP contribution in [0.4, 0.5) is 10.5 Å². The molecule has 2 N–H and O–H groups in total. The number of carbonyl (C=O) groups is 1. The first-order chi connectivity index (χ1) is 13.2. The van der Waals surface area contributed by atoms with Crippen molar-refractivity contribution in [3.63, 3.8) is 0 Å². The number of aryl methyl sites for hydroxylation is 1. The molecule has 0 saturated heterocycles. The van der Waals surface area contributed by atoms with Crippen molar-refractivity contribution < 1.29 is 4.79 Å². The minimum absolute atomic E-state index is 0.197. The van der Waals surface area contributed by atoms with E-state index in [1.165, 1.54) is 0 Å². The Hall–Kier alpha value is -3.23. The lowest BCUT2D eigenvalue weighted by Gasteiger charge is -2.34. The van der Waals surface area contributed by atoms with Gasteiger partial charge in [-0.25, -0.2) is 19.7 Å². The van der Waals surface area contributed by atoms with Crippen LogP contribution in [0.15, 0.2) is 31.0 Å². The summed E-state index contributed by atoms with van der Waals surface area (Å²) in [5.74, 6) is 1.35. The molecule has 3 aromatic rings. The highest BCUT2D eigenvalue weighted by molar-refractivity contribution is 5.89. The molecule has 138 valence electrons. The van der Waals surface area contributed by atoms with Crippen molar-refractivity contribution >= 4 is 11.7 Å². The highest BCUT2D eigenvalue weighted by Gasteiger charge is 2.36. The molecular weight excluding hydrogens is 344 g/mol. The average molecular weight is 364 g/mol. The molecule has 0 radical (unpaired) electrons. The highest BCUT2D eigenvalue weighted by Crippen LogP contribution is 2.38. The van der Waals surface area contributed by atoms with E-state index in [1.807, 2.05) is 13.1 Å². The third-order valence-corrected chi connectivity index (χ3v) is 5.19.